The highest BCUT2D eigenvalue weighted by Gasteiger charge is 2.13. The maximum atomic E-state index is 5.42. The van der Waals surface area contributed by atoms with Crippen LogP contribution in [-0.4, -0.2) is 16.5 Å². The van der Waals surface area contributed by atoms with Crippen molar-refractivity contribution in [1.82, 2.24) is 9.97 Å². The van der Waals surface area contributed by atoms with Gasteiger partial charge < -0.3 is 14.6 Å². The summed E-state index contributed by atoms with van der Waals surface area (Å²) < 4.78 is 5.42. The second-order valence-corrected chi connectivity index (χ2v) is 6.31. The van der Waals surface area contributed by atoms with Crippen LogP contribution in [0.15, 0.2) is 89.5 Å². The Hall–Kier alpha value is -3.60. The molecule has 0 fully saturated rings. The average molecular weight is 370 g/mol. The molecule has 0 atom stereocenters. The van der Waals surface area contributed by atoms with Gasteiger partial charge in [0.15, 0.2) is 5.82 Å². The second-order valence-electron chi connectivity index (χ2n) is 6.31. The van der Waals surface area contributed by atoms with Crippen LogP contribution < -0.4 is 10.2 Å². The molecule has 1 N–H and O–H groups in total. The molecular formula is C23H22N4O. The number of hydrogen-bond donors (Lipinski definition) is 1. The van der Waals surface area contributed by atoms with Crippen molar-refractivity contribution in [3.63, 3.8) is 0 Å². The highest BCUT2D eigenvalue weighted by Crippen LogP contribution is 2.28. The smallest absolute Gasteiger partial charge is 0.163 e. The zero-order valence-electron chi connectivity index (χ0n) is 15.7. The van der Waals surface area contributed by atoms with Crippen LogP contribution in [-0.2, 0) is 6.54 Å². The van der Waals surface area contributed by atoms with Gasteiger partial charge in [-0.15, -0.1) is 0 Å². The van der Waals surface area contributed by atoms with Gasteiger partial charge in [0.25, 0.3) is 0 Å². The summed E-state index contributed by atoms with van der Waals surface area (Å²) in [4.78, 5) is 11.7. The van der Waals surface area contributed by atoms with Crippen LogP contribution in [0.4, 0.5) is 17.3 Å². The molecule has 28 heavy (non-hydrogen) atoms. The van der Waals surface area contributed by atoms with E-state index in [2.05, 4.69) is 29.3 Å². The number of nitrogens with one attached hydrogen (secondary N) is 1. The zero-order chi connectivity index (χ0) is 19.2. The Morgan fingerprint density at radius 1 is 0.893 bits per heavy atom. The lowest BCUT2D eigenvalue weighted by atomic mass is 10.2. The third-order valence-corrected chi connectivity index (χ3v) is 4.43. The van der Waals surface area contributed by atoms with Crippen molar-refractivity contribution < 1.29 is 4.42 Å². The molecule has 2 aromatic heterocycles. The Kier molecular flexibility index (Phi) is 5.33. The minimum absolute atomic E-state index is 0.565. The minimum Gasteiger partial charge on any atom is -0.467 e. The fourth-order valence-electron chi connectivity index (χ4n) is 3.06. The zero-order valence-corrected chi connectivity index (χ0v) is 15.7. The van der Waals surface area contributed by atoms with Crippen LogP contribution in [0.3, 0.4) is 0 Å². The number of anilines is 3. The number of aromatic nitrogens is 2. The van der Waals surface area contributed by atoms with Crippen molar-refractivity contribution in [2.24, 2.45) is 0 Å². The van der Waals surface area contributed by atoms with Gasteiger partial charge in [0.1, 0.15) is 17.4 Å². The molecule has 140 valence electrons. The molecular weight excluding hydrogens is 348 g/mol. The molecule has 0 saturated heterocycles. The molecule has 0 aliphatic rings. The highest BCUT2D eigenvalue weighted by atomic mass is 16.3. The molecule has 0 aliphatic carbocycles. The Labute approximate surface area is 164 Å². The lowest BCUT2D eigenvalue weighted by molar-refractivity contribution is 0.518. The third-order valence-electron chi connectivity index (χ3n) is 4.43. The Balaban J connectivity index is 1.72. The SMILES string of the molecule is CCN(c1ccccc1)c1cc(NCc2ccco2)nc(-c2ccccc2)n1. The number of furan rings is 1. The van der Waals surface area contributed by atoms with Crippen molar-refractivity contribution in [1.29, 1.82) is 0 Å². The fourth-order valence-corrected chi connectivity index (χ4v) is 3.06. The lowest BCUT2D eigenvalue weighted by Crippen LogP contribution is -2.18. The lowest BCUT2D eigenvalue weighted by Gasteiger charge is -2.23. The van der Waals surface area contributed by atoms with Crippen molar-refractivity contribution in [3.8, 4) is 11.4 Å². The molecule has 4 aromatic rings. The molecule has 2 heterocycles. The molecule has 0 aliphatic heterocycles. The first-order valence-corrected chi connectivity index (χ1v) is 9.37. The quantitative estimate of drug-likeness (QED) is 0.465. The molecule has 4 rings (SSSR count). The molecule has 2 aromatic carbocycles. The standard InChI is InChI=1S/C23H22N4O/c1-2-27(19-12-7-4-8-13-19)22-16-21(24-17-20-14-9-15-28-20)25-23(26-22)18-10-5-3-6-11-18/h3-16H,2,17H2,1H3,(H,24,25,26). The average Bonchev–Trinajstić information content (AvgIpc) is 3.28. The summed E-state index contributed by atoms with van der Waals surface area (Å²) in [6.45, 7) is 3.48. The summed E-state index contributed by atoms with van der Waals surface area (Å²) in [7, 11) is 0. The van der Waals surface area contributed by atoms with Crippen LogP contribution in [0, 0.1) is 0 Å². The van der Waals surface area contributed by atoms with Gasteiger partial charge >= 0.3 is 0 Å². The number of rotatable bonds is 7. The van der Waals surface area contributed by atoms with E-state index in [1.807, 2.05) is 66.7 Å². The van der Waals surface area contributed by atoms with Crippen LogP contribution in [0.25, 0.3) is 11.4 Å². The molecule has 5 nitrogen and oxygen atoms in total. The van der Waals surface area contributed by atoms with E-state index in [-0.39, 0.29) is 0 Å². The van der Waals surface area contributed by atoms with E-state index >= 15 is 0 Å². The van der Waals surface area contributed by atoms with Gasteiger partial charge in [0.05, 0.1) is 12.8 Å². The predicted octanol–water partition coefficient (Wildman–Crippen LogP) is 5.51. The van der Waals surface area contributed by atoms with Crippen molar-refractivity contribution in [2.75, 3.05) is 16.8 Å². The van der Waals surface area contributed by atoms with Gasteiger partial charge in [0, 0.05) is 23.9 Å². The van der Waals surface area contributed by atoms with Crippen molar-refractivity contribution in [2.45, 2.75) is 13.5 Å². The van der Waals surface area contributed by atoms with Gasteiger partial charge in [-0.2, -0.15) is 0 Å². The molecule has 5 heteroatoms. The van der Waals surface area contributed by atoms with Crippen molar-refractivity contribution >= 4 is 17.3 Å². The maximum Gasteiger partial charge on any atom is 0.163 e. The summed E-state index contributed by atoms with van der Waals surface area (Å²) in [6, 6.07) is 26.1. The molecule has 0 bridgehead atoms. The largest absolute Gasteiger partial charge is 0.467 e. The van der Waals surface area contributed by atoms with Gasteiger partial charge in [0.2, 0.25) is 0 Å². The Bertz CT molecular complexity index is 1000. The normalized spacial score (nSPS) is 10.6. The topological polar surface area (TPSA) is 54.2 Å². The second kappa shape index (κ2) is 8.39. The van der Waals surface area contributed by atoms with Crippen LogP contribution in [0.1, 0.15) is 12.7 Å². The summed E-state index contributed by atoms with van der Waals surface area (Å²) >= 11 is 0. The van der Waals surface area contributed by atoms with Crippen LogP contribution >= 0.6 is 0 Å². The Morgan fingerprint density at radius 2 is 1.64 bits per heavy atom. The van der Waals surface area contributed by atoms with Gasteiger partial charge in [-0.05, 0) is 31.2 Å². The molecule has 0 amide bonds. The summed E-state index contributed by atoms with van der Waals surface area (Å²) in [6.07, 6.45) is 1.67. The summed E-state index contributed by atoms with van der Waals surface area (Å²) in [5.41, 5.74) is 2.08. The predicted molar refractivity (Wildman–Crippen MR) is 113 cm³/mol. The van der Waals surface area contributed by atoms with E-state index in [1.165, 1.54) is 0 Å². The van der Waals surface area contributed by atoms with E-state index < -0.39 is 0 Å². The molecule has 0 spiro atoms. The number of benzene rings is 2. The fraction of sp³-hybridized carbons (Fsp3) is 0.130. The van der Waals surface area contributed by atoms with Crippen LogP contribution in [0.5, 0.6) is 0 Å². The number of hydrogen-bond acceptors (Lipinski definition) is 5. The first-order valence-electron chi connectivity index (χ1n) is 9.37. The van der Waals surface area contributed by atoms with Crippen LogP contribution in [0.2, 0.25) is 0 Å². The van der Waals surface area contributed by atoms with E-state index in [0.717, 1.165) is 35.2 Å². The molecule has 0 unspecified atom stereocenters. The maximum absolute atomic E-state index is 5.42. The van der Waals surface area contributed by atoms with E-state index in [1.54, 1.807) is 6.26 Å². The summed E-state index contributed by atoms with van der Waals surface area (Å²) in [5.74, 6) is 3.16. The molecule has 0 saturated carbocycles. The first kappa shape index (κ1) is 17.8. The summed E-state index contributed by atoms with van der Waals surface area (Å²) in [5, 5.41) is 3.36. The minimum atomic E-state index is 0.565. The number of nitrogens with zero attached hydrogens (tertiary/aromatic N) is 3. The van der Waals surface area contributed by atoms with E-state index in [0.29, 0.717) is 12.4 Å². The third kappa shape index (κ3) is 4.04. The van der Waals surface area contributed by atoms with Crippen molar-refractivity contribution in [3.05, 3.63) is 90.9 Å². The van der Waals surface area contributed by atoms with Gasteiger partial charge in [-0.3, -0.25) is 0 Å². The Morgan fingerprint density at radius 3 is 2.32 bits per heavy atom. The first-order chi connectivity index (χ1) is 13.8. The van der Waals surface area contributed by atoms with E-state index in [4.69, 9.17) is 14.4 Å². The monoisotopic (exact) mass is 370 g/mol. The van der Waals surface area contributed by atoms with Gasteiger partial charge in [-0.25, -0.2) is 9.97 Å². The number of para-hydroxylation sites is 1. The molecule has 0 radical (unpaired) electrons. The highest BCUT2D eigenvalue weighted by molar-refractivity contribution is 5.67. The van der Waals surface area contributed by atoms with E-state index in [9.17, 15) is 0 Å². The van der Waals surface area contributed by atoms with Gasteiger partial charge in [-0.1, -0.05) is 48.5 Å².